The topological polar surface area (TPSA) is 65.0 Å². The molecule has 0 aliphatic carbocycles. The van der Waals surface area contributed by atoms with Crippen molar-refractivity contribution >= 4 is 11.5 Å². The molecule has 1 aromatic rings. The summed E-state index contributed by atoms with van der Waals surface area (Å²) in [6.07, 6.45) is 3.97. The van der Waals surface area contributed by atoms with E-state index in [2.05, 4.69) is 0 Å². The molecule has 21 heavy (non-hydrogen) atoms. The van der Waals surface area contributed by atoms with E-state index in [0.29, 0.717) is 11.3 Å². The largest absolute Gasteiger partial charge is 0.478 e. The quantitative estimate of drug-likeness (QED) is 0.817. The van der Waals surface area contributed by atoms with Gasteiger partial charge in [-0.05, 0) is 36.1 Å². The van der Waals surface area contributed by atoms with Crippen LogP contribution in [0, 0.1) is 0 Å². The molecule has 1 fully saturated rings. The third-order valence-electron chi connectivity index (χ3n) is 3.21. The number of hydrogen-bond acceptors (Lipinski definition) is 4. The van der Waals surface area contributed by atoms with Crippen molar-refractivity contribution in [3.63, 3.8) is 0 Å². The van der Waals surface area contributed by atoms with Crippen LogP contribution in [0.15, 0.2) is 30.3 Å². The molecule has 0 saturated carbocycles. The van der Waals surface area contributed by atoms with Gasteiger partial charge in [-0.3, -0.25) is 0 Å². The Kier molecular flexibility index (Phi) is 5.78. The molecule has 0 amide bonds. The molecule has 114 valence electrons. The van der Waals surface area contributed by atoms with E-state index in [0.717, 1.165) is 37.5 Å². The van der Waals surface area contributed by atoms with Crippen LogP contribution in [0.3, 0.4) is 0 Å². The zero-order chi connectivity index (χ0) is 15.1. The number of ether oxygens (including phenoxy) is 3. The van der Waals surface area contributed by atoms with E-state index in [-0.39, 0.29) is 12.9 Å². The number of benzene rings is 1. The minimum atomic E-state index is -0.996. The van der Waals surface area contributed by atoms with E-state index in [1.807, 2.05) is 24.3 Å². The summed E-state index contributed by atoms with van der Waals surface area (Å²) in [6, 6.07) is 7.32. The Hall–Kier alpha value is -1.85. The molecule has 1 heterocycles. The van der Waals surface area contributed by atoms with Gasteiger partial charge in [0.2, 0.25) is 0 Å². The van der Waals surface area contributed by atoms with Gasteiger partial charge in [0.15, 0.2) is 6.29 Å². The minimum Gasteiger partial charge on any atom is -0.478 e. The smallest absolute Gasteiger partial charge is 0.328 e. The molecule has 1 atom stereocenters. The summed E-state index contributed by atoms with van der Waals surface area (Å²) in [5.74, 6) is -0.323. The molecule has 2 rings (SSSR count). The van der Waals surface area contributed by atoms with Gasteiger partial charge >= 0.3 is 5.97 Å². The number of carbonyl (C=O) groups is 1. The summed E-state index contributed by atoms with van der Waals surface area (Å²) in [7, 11) is 1.53. The van der Waals surface area contributed by atoms with Gasteiger partial charge in [-0.15, -0.1) is 0 Å². The Labute approximate surface area is 124 Å². The lowest BCUT2D eigenvalue weighted by atomic mass is 10.1. The molecule has 1 saturated heterocycles. The summed E-state index contributed by atoms with van der Waals surface area (Å²) in [5, 5.41) is 8.92. The average Bonchev–Trinajstić information content (AvgIpc) is 2.48. The van der Waals surface area contributed by atoms with Gasteiger partial charge in [0.25, 0.3) is 0 Å². The first-order valence-electron chi connectivity index (χ1n) is 7.00. The molecule has 0 radical (unpaired) electrons. The van der Waals surface area contributed by atoms with E-state index >= 15 is 0 Å². The van der Waals surface area contributed by atoms with Crippen LogP contribution in [0.1, 0.15) is 24.8 Å². The Balaban J connectivity index is 2.13. The third kappa shape index (κ3) is 4.88. The summed E-state index contributed by atoms with van der Waals surface area (Å²) in [6.45, 7) is 0.952. The third-order valence-corrected chi connectivity index (χ3v) is 3.21. The predicted octanol–water partition coefficient (Wildman–Crippen LogP) is 2.71. The summed E-state index contributed by atoms with van der Waals surface area (Å²) >= 11 is 0. The van der Waals surface area contributed by atoms with Crippen LogP contribution in [-0.4, -0.2) is 37.7 Å². The zero-order valence-corrected chi connectivity index (χ0v) is 12.1. The Morgan fingerprint density at radius 3 is 3.00 bits per heavy atom. The first-order valence-corrected chi connectivity index (χ1v) is 7.00. The highest BCUT2D eigenvalue weighted by molar-refractivity contribution is 5.90. The maximum absolute atomic E-state index is 10.9. The fourth-order valence-electron chi connectivity index (χ4n) is 2.24. The lowest BCUT2D eigenvalue weighted by Crippen LogP contribution is -2.24. The lowest BCUT2D eigenvalue weighted by molar-refractivity contribution is -0.131. The number of carboxylic acids is 1. The van der Waals surface area contributed by atoms with Crippen molar-refractivity contribution in [3.05, 3.63) is 35.9 Å². The van der Waals surface area contributed by atoms with Crippen LogP contribution in [-0.2, 0) is 14.3 Å². The van der Waals surface area contributed by atoms with Crippen molar-refractivity contribution in [3.8, 4) is 5.75 Å². The number of aliphatic carboxylic acids is 1. The number of methoxy groups -OCH3 is 1. The van der Waals surface area contributed by atoms with Gasteiger partial charge in [-0.2, -0.15) is 0 Å². The monoisotopic (exact) mass is 292 g/mol. The zero-order valence-electron chi connectivity index (χ0n) is 12.1. The second-order valence-corrected chi connectivity index (χ2v) is 4.88. The maximum Gasteiger partial charge on any atom is 0.328 e. The first kappa shape index (κ1) is 15.5. The summed E-state index contributed by atoms with van der Waals surface area (Å²) in [4.78, 5) is 10.9. The molecule has 0 bridgehead atoms. The van der Waals surface area contributed by atoms with Gasteiger partial charge in [-0.25, -0.2) is 4.79 Å². The molecule has 5 heteroatoms. The second-order valence-electron chi connectivity index (χ2n) is 4.88. The van der Waals surface area contributed by atoms with Crippen LogP contribution >= 0.6 is 0 Å². The predicted molar refractivity (Wildman–Crippen MR) is 78.1 cm³/mol. The molecule has 0 aromatic heterocycles. The standard InChI is InChI=1S/C16H20O5/c1-19-11-13(10-15(17)18)12-5-4-6-14(9-12)21-16-7-2-3-8-20-16/h4-6,9-10,16H,2-3,7-8,11H2,1H3,(H,17,18)/b13-10+. The van der Waals surface area contributed by atoms with Gasteiger partial charge in [-0.1, -0.05) is 12.1 Å². The highest BCUT2D eigenvalue weighted by Crippen LogP contribution is 2.23. The molecule has 0 spiro atoms. The van der Waals surface area contributed by atoms with Crippen molar-refractivity contribution in [2.75, 3.05) is 20.3 Å². The molecular formula is C16H20O5. The fourth-order valence-corrected chi connectivity index (χ4v) is 2.24. The Morgan fingerprint density at radius 2 is 2.33 bits per heavy atom. The maximum atomic E-state index is 10.9. The average molecular weight is 292 g/mol. The molecule has 1 unspecified atom stereocenters. The number of hydrogen-bond donors (Lipinski definition) is 1. The van der Waals surface area contributed by atoms with Crippen LogP contribution in [0.2, 0.25) is 0 Å². The molecule has 1 aromatic carbocycles. The van der Waals surface area contributed by atoms with Gasteiger partial charge in [0, 0.05) is 19.6 Å². The van der Waals surface area contributed by atoms with Gasteiger partial charge < -0.3 is 19.3 Å². The Bertz CT molecular complexity index is 503. The minimum absolute atomic E-state index is 0.219. The van der Waals surface area contributed by atoms with Crippen molar-refractivity contribution in [1.29, 1.82) is 0 Å². The fraction of sp³-hybridized carbons (Fsp3) is 0.438. The molecule has 1 aliphatic heterocycles. The lowest BCUT2D eigenvalue weighted by Gasteiger charge is -2.23. The van der Waals surface area contributed by atoms with E-state index < -0.39 is 5.97 Å². The van der Waals surface area contributed by atoms with E-state index in [1.54, 1.807) is 0 Å². The van der Waals surface area contributed by atoms with E-state index in [1.165, 1.54) is 7.11 Å². The first-order chi connectivity index (χ1) is 10.2. The number of carboxylic acid groups (broad SMARTS) is 1. The van der Waals surface area contributed by atoms with Crippen molar-refractivity contribution < 1.29 is 24.1 Å². The van der Waals surface area contributed by atoms with E-state index in [9.17, 15) is 4.79 Å². The number of rotatable bonds is 6. The second kappa shape index (κ2) is 7.81. The van der Waals surface area contributed by atoms with Gasteiger partial charge in [0.1, 0.15) is 5.75 Å². The molecule has 1 N–H and O–H groups in total. The Morgan fingerprint density at radius 1 is 1.48 bits per heavy atom. The summed E-state index contributed by atoms with van der Waals surface area (Å²) in [5.41, 5.74) is 1.37. The van der Waals surface area contributed by atoms with Crippen LogP contribution in [0.4, 0.5) is 0 Å². The molecular weight excluding hydrogens is 272 g/mol. The molecule has 5 nitrogen and oxygen atoms in total. The van der Waals surface area contributed by atoms with Crippen molar-refractivity contribution in [1.82, 2.24) is 0 Å². The normalized spacial score (nSPS) is 19.3. The van der Waals surface area contributed by atoms with E-state index in [4.69, 9.17) is 19.3 Å². The summed E-state index contributed by atoms with van der Waals surface area (Å²) < 4.78 is 16.4. The van der Waals surface area contributed by atoms with Crippen LogP contribution in [0.25, 0.3) is 5.57 Å². The van der Waals surface area contributed by atoms with Crippen molar-refractivity contribution in [2.24, 2.45) is 0 Å². The highest BCUT2D eigenvalue weighted by atomic mass is 16.7. The van der Waals surface area contributed by atoms with Crippen molar-refractivity contribution in [2.45, 2.75) is 25.6 Å². The van der Waals surface area contributed by atoms with Crippen LogP contribution in [0.5, 0.6) is 5.75 Å². The SMILES string of the molecule is COC/C(=C\C(=O)O)c1cccc(OC2CCCCO2)c1. The van der Waals surface area contributed by atoms with Gasteiger partial charge in [0.05, 0.1) is 13.2 Å². The molecule has 1 aliphatic rings. The van der Waals surface area contributed by atoms with Crippen LogP contribution < -0.4 is 4.74 Å². The highest BCUT2D eigenvalue weighted by Gasteiger charge is 2.15.